The Morgan fingerprint density at radius 3 is 2.93 bits per heavy atom. The molecule has 2 heterocycles. The lowest BCUT2D eigenvalue weighted by Gasteiger charge is -2.23. The molecule has 1 aromatic rings. The maximum absolute atomic E-state index is 9.84. The number of ether oxygens (including phenoxy) is 2. The van der Waals surface area contributed by atoms with Crippen molar-refractivity contribution in [2.45, 2.75) is 31.7 Å². The molecule has 1 aliphatic heterocycles. The van der Waals surface area contributed by atoms with Gasteiger partial charge in [-0.25, -0.2) is 0 Å². The number of hydrogen-bond acceptors (Lipinski definition) is 4. The molecule has 1 aromatic heterocycles. The van der Waals surface area contributed by atoms with Gasteiger partial charge in [-0.1, -0.05) is 6.07 Å². The van der Waals surface area contributed by atoms with Gasteiger partial charge < -0.3 is 14.6 Å². The third kappa shape index (κ3) is 3.28. The summed E-state index contributed by atoms with van der Waals surface area (Å²) in [5.74, 6) is 0. The molecule has 0 saturated carbocycles. The first-order chi connectivity index (χ1) is 7.36. The van der Waals surface area contributed by atoms with Gasteiger partial charge in [0.1, 0.15) is 0 Å². The fourth-order valence-electron chi connectivity index (χ4n) is 1.62. The first-order valence-corrected chi connectivity index (χ1v) is 6.19. The molecule has 1 aliphatic rings. The lowest BCUT2D eigenvalue weighted by Crippen LogP contribution is -2.25. The Labute approximate surface area is 93.6 Å². The Hall–Kier alpha value is -0.420. The van der Waals surface area contributed by atoms with Crippen LogP contribution in [0.4, 0.5) is 0 Å². The zero-order valence-corrected chi connectivity index (χ0v) is 9.41. The lowest BCUT2D eigenvalue weighted by molar-refractivity contribution is -0.183. The summed E-state index contributed by atoms with van der Waals surface area (Å²) >= 11 is 1.59. The average Bonchev–Trinajstić information content (AvgIpc) is 2.81. The number of hydrogen-bond donors (Lipinski definition) is 1. The van der Waals surface area contributed by atoms with Crippen molar-refractivity contribution in [3.8, 4) is 0 Å². The third-order valence-corrected chi connectivity index (χ3v) is 3.42. The van der Waals surface area contributed by atoms with Crippen molar-refractivity contribution in [3.63, 3.8) is 0 Å². The summed E-state index contributed by atoms with van der Waals surface area (Å²) in [6.07, 6.45) is 1.95. The van der Waals surface area contributed by atoms with E-state index in [0.717, 1.165) is 30.9 Å². The van der Waals surface area contributed by atoms with E-state index in [1.54, 1.807) is 11.3 Å². The summed E-state index contributed by atoms with van der Waals surface area (Å²) in [5, 5.41) is 11.8. The van der Waals surface area contributed by atoms with Crippen LogP contribution in [0.1, 0.15) is 30.2 Å². The average molecular weight is 228 g/mol. The largest absolute Gasteiger partial charge is 0.388 e. The third-order valence-electron chi connectivity index (χ3n) is 2.44. The van der Waals surface area contributed by atoms with Gasteiger partial charge in [-0.15, -0.1) is 11.3 Å². The van der Waals surface area contributed by atoms with E-state index in [0.29, 0.717) is 6.42 Å². The van der Waals surface area contributed by atoms with Crippen molar-refractivity contribution in [3.05, 3.63) is 22.4 Å². The molecule has 3 nitrogen and oxygen atoms in total. The Morgan fingerprint density at radius 1 is 1.47 bits per heavy atom. The molecular formula is C11H16O3S. The van der Waals surface area contributed by atoms with Gasteiger partial charge in [0.05, 0.1) is 19.3 Å². The van der Waals surface area contributed by atoms with E-state index in [1.165, 1.54) is 0 Å². The SMILES string of the molecule is O[C@@H](CCC1OCCCO1)c1cccs1. The van der Waals surface area contributed by atoms with Gasteiger partial charge in [-0.2, -0.15) is 0 Å². The van der Waals surface area contributed by atoms with Gasteiger partial charge in [-0.3, -0.25) is 0 Å². The van der Waals surface area contributed by atoms with E-state index in [9.17, 15) is 5.11 Å². The molecule has 0 radical (unpaired) electrons. The molecule has 0 unspecified atom stereocenters. The molecule has 0 bridgehead atoms. The van der Waals surface area contributed by atoms with Gasteiger partial charge in [0.2, 0.25) is 0 Å². The Kier molecular flexibility index (Phi) is 4.14. The zero-order chi connectivity index (χ0) is 10.5. The first-order valence-electron chi connectivity index (χ1n) is 5.31. The summed E-state index contributed by atoms with van der Waals surface area (Å²) < 4.78 is 10.8. The maximum Gasteiger partial charge on any atom is 0.157 e. The van der Waals surface area contributed by atoms with Crippen LogP contribution in [0.3, 0.4) is 0 Å². The summed E-state index contributed by atoms with van der Waals surface area (Å²) in [7, 11) is 0. The topological polar surface area (TPSA) is 38.7 Å². The zero-order valence-electron chi connectivity index (χ0n) is 8.59. The predicted molar refractivity (Wildman–Crippen MR) is 58.8 cm³/mol. The van der Waals surface area contributed by atoms with E-state index < -0.39 is 0 Å². The molecule has 0 aliphatic carbocycles. The molecule has 84 valence electrons. The highest BCUT2D eigenvalue weighted by molar-refractivity contribution is 7.10. The van der Waals surface area contributed by atoms with Gasteiger partial charge in [0.25, 0.3) is 0 Å². The predicted octanol–water partition coefficient (Wildman–Crippen LogP) is 2.32. The quantitative estimate of drug-likeness (QED) is 0.859. The maximum atomic E-state index is 9.84. The van der Waals surface area contributed by atoms with Crippen molar-refractivity contribution < 1.29 is 14.6 Å². The fourth-order valence-corrected chi connectivity index (χ4v) is 2.37. The van der Waals surface area contributed by atoms with E-state index in [-0.39, 0.29) is 12.4 Å². The Balaban J connectivity index is 1.73. The fraction of sp³-hybridized carbons (Fsp3) is 0.636. The Morgan fingerprint density at radius 2 is 2.27 bits per heavy atom. The van der Waals surface area contributed by atoms with Crippen LogP contribution in [0, 0.1) is 0 Å². The standard InChI is InChI=1S/C11H16O3S/c12-9(10-3-1-8-15-10)4-5-11-13-6-2-7-14-11/h1,3,8-9,11-12H,2,4-7H2/t9-/m0/s1. The van der Waals surface area contributed by atoms with E-state index in [2.05, 4.69) is 0 Å². The summed E-state index contributed by atoms with van der Waals surface area (Å²) in [4.78, 5) is 1.02. The second kappa shape index (κ2) is 5.61. The highest BCUT2D eigenvalue weighted by Crippen LogP contribution is 2.24. The number of thiophene rings is 1. The Bertz CT molecular complexity index is 267. The van der Waals surface area contributed by atoms with Crippen LogP contribution in [0.25, 0.3) is 0 Å². The van der Waals surface area contributed by atoms with Crippen molar-refractivity contribution in [2.24, 2.45) is 0 Å². The van der Waals surface area contributed by atoms with Gasteiger partial charge in [0.15, 0.2) is 6.29 Å². The van der Waals surface area contributed by atoms with Crippen molar-refractivity contribution >= 4 is 11.3 Å². The highest BCUT2D eigenvalue weighted by Gasteiger charge is 2.17. The summed E-state index contributed by atoms with van der Waals surface area (Å²) in [6.45, 7) is 1.56. The highest BCUT2D eigenvalue weighted by atomic mass is 32.1. The minimum Gasteiger partial charge on any atom is -0.388 e. The van der Waals surface area contributed by atoms with Crippen molar-refractivity contribution in [2.75, 3.05) is 13.2 Å². The van der Waals surface area contributed by atoms with Crippen molar-refractivity contribution in [1.29, 1.82) is 0 Å². The second-order valence-electron chi connectivity index (χ2n) is 3.63. The van der Waals surface area contributed by atoms with Crippen LogP contribution >= 0.6 is 11.3 Å². The van der Waals surface area contributed by atoms with E-state index in [1.807, 2.05) is 17.5 Å². The molecule has 1 atom stereocenters. The molecule has 15 heavy (non-hydrogen) atoms. The molecule has 0 amide bonds. The summed E-state index contributed by atoms with van der Waals surface area (Å²) in [6, 6.07) is 3.91. The molecule has 1 fully saturated rings. The monoisotopic (exact) mass is 228 g/mol. The molecule has 0 aromatic carbocycles. The first kappa shape index (κ1) is 11.1. The molecule has 1 saturated heterocycles. The van der Waals surface area contributed by atoms with Crippen molar-refractivity contribution in [1.82, 2.24) is 0 Å². The number of rotatable bonds is 4. The number of aliphatic hydroxyl groups excluding tert-OH is 1. The smallest absolute Gasteiger partial charge is 0.157 e. The van der Waals surface area contributed by atoms with Crippen LogP contribution in [0.2, 0.25) is 0 Å². The minimum atomic E-state index is -0.376. The van der Waals surface area contributed by atoms with Crippen LogP contribution in [0.15, 0.2) is 17.5 Å². The lowest BCUT2D eigenvalue weighted by atomic mass is 10.1. The normalized spacial score (nSPS) is 20.3. The van der Waals surface area contributed by atoms with Crippen LogP contribution in [0.5, 0.6) is 0 Å². The molecule has 0 spiro atoms. The van der Waals surface area contributed by atoms with Gasteiger partial charge >= 0.3 is 0 Å². The number of aliphatic hydroxyl groups is 1. The molecular weight excluding hydrogens is 212 g/mol. The molecule has 1 N–H and O–H groups in total. The van der Waals surface area contributed by atoms with E-state index in [4.69, 9.17) is 9.47 Å². The molecule has 4 heteroatoms. The van der Waals surface area contributed by atoms with E-state index >= 15 is 0 Å². The summed E-state index contributed by atoms with van der Waals surface area (Å²) in [5.41, 5.74) is 0. The van der Waals surface area contributed by atoms with Crippen LogP contribution < -0.4 is 0 Å². The minimum absolute atomic E-state index is 0.117. The van der Waals surface area contributed by atoms with Crippen LogP contribution in [-0.2, 0) is 9.47 Å². The molecule has 2 rings (SSSR count). The van der Waals surface area contributed by atoms with Crippen LogP contribution in [-0.4, -0.2) is 24.6 Å². The second-order valence-corrected chi connectivity index (χ2v) is 4.61. The van der Waals surface area contributed by atoms with Gasteiger partial charge in [0, 0.05) is 11.3 Å². The van der Waals surface area contributed by atoms with Gasteiger partial charge in [-0.05, 0) is 24.3 Å².